The first-order valence-corrected chi connectivity index (χ1v) is 4.31. The maximum Gasteiger partial charge on any atom is 0.273 e. The highest BCUT2D eigenvalue weighted by Gasteiger charge is 2.17. The van der Waals surface area contributed by atoms with E-state index in [4.69, 9.17) is 13.9 Å². The van der Waals surface area contributed by atoms with Crippen molar-refractivity contribution >= 4 is 0 Å². The fourth-order valence-corrected chi connectivity index (χ4v) is 0.901. The molecule has 0 aliphatic heterocycles. The van der Waals surface area contributed by atoms with Crippen molar-refractivity contribution in [3.05, 3.63) is 11.8 Å². The maximum atomic E-state index is 5.26. The van der Waals surface area contributed by atoms with Gasteiger partial charge in [0.1, 0.15) is 0 Å². The van der Waals surface area contributed by atoms with E-state index in [-0.39, 0.29) is 0 Å². The van der Waals surface area contributed by atoms with Crippen LogP contribution in [-0.4, -0.2) is 23.4 Å². The van der Waals surface area contributed by atoms with Crippen molar-refractivity contribution in [1.82, 2.24) is 10.2 Å². The Hall–Kier alpha value is -0.940. The van der Waals surface area contributed by atoms with Crippen LogP contribution in [0.15, 0.2) is 4.42 Å². The number of hydrogen-bond acceptors (Lipinski definition) is 5. The van der Waals surface area contributed by atoms with Crippen molar-refractivity contribution in [2.75, 3.05) is 13.2 Å². The van der Waals surface area contributed by atoms with Gasteiger partial charge in [0.25, 0.3) is 5.89 Å². The lowest BCUT2D eigenvalue weighted by Crippen LogP contribution is -2.09. The lowest BCUT2D eigenvalue weighted by molar-refractivity contribution is -0.153. The van der Waals surface area contributed by atoms with Gasteiger partial charge in [0.15, 0.2) is 0 Å². The van der Waals surface area contributed by atoms with Crippen molar-refractivity contribution in [2.24, 2.45) is 0 Å². The van der Waals surface area contributed by atoms with Crippen molar-refractivity contribution in [1.29, 1.82) is 0 Å². The smallest absolute Gasteiger partial charge is 0.273 e. The summed E-state index contributed by atoms with van der Waals surface area (Å²) in [5, 5.41) is 7.51. The SMILES string of the molecule is CCOC(OCC)c1nnc(C)o1. The summed E-state index contributed by atoms with van der Waals surface area (Å²) in [6.07, 6.45) is -0.531. The third-order valence-electron chi connectivity index (χ3n) is 1.38. The zero-order valence-corrected chi connectivity index (χ0v) is 8.11. The Labute approximate surface area is 77.1 Å². The van der Waals surface area contributed by atoms with Gasteiger partial charge in [-0.25, -0.2) is 0 Å². The van der Waals surface area contributed by atoms with E-state index in [0.717, 1.165) is 0 Å². The first-order valence-electron chi connectivity index (χ1n) is 4.31. The van der Waals surface area contributed by atoms with Gasteiger partial charge in [0.05, 0.1) is 0 Å². The third kappa shape index (κ3) is 2.78. The van der Waals surface area contributed by atoms with Crippen LogP contribution < -0.4 is 0 Å². The molecule has 0 bridgehead atoms. The van der Waals surface area contributed by atoms with Crippen molar-refractivity contribution in [2.45, 2.75) is 27.1 Å². The molecule has 0 spiro atoms. The highest BCUT2D eigenvalue weighted by molar-refractivity contribution is 4.80. The average molecular weight is 186 g/mol. The minimum absolute atomic E-state index is 0.376. The van der Waals surface area contributed by atoms with Crippen molar-refractivity contribution in [3.8, 4) is 0 Å². The molecule has 13 heavy (non-hydrogen) atoms. The molecular formula is C8H14N2O3. The van der Waals surface area contributed by atoms with Gasteiger partial charge in [0, 0.05) is 20.1 Å². The van der Waals surface area contributed by atoms with E-state index in [1.54, 1.807) is 6.92 Å². The molecule has 0 unspecified atom stereocenters. The summed E-state index contributed by atoms with van der Waals surface area (Å²) in [7, 11) is 0. The monoisotopic (exact) mass is 186 g/mol. The Morgan fingerprint density at radius 3 is 2.23 bits per heavy atom. The number of hydrogen-bond donors (Lipinski definition) is 0. The number of nitrogens with zero attached hydrogens (tertiary/aromatic N) is 2. The van der Waals surface area contributed by atoms with Crippen molar-refractivity contribution in [3.63, 3.8) is 0 Å². The van der Waals surface area contributed by atoms with Gasteiger partial charge in [-0.05, 0) is 13.8 Å². The molecule has 0 aromatic carbocycles. The van der Waals surface area contributed by atoms with Gasteiger partial charge in [-0.2, -0.15) is 0 Å². The standard InChI is InChI=1S/C8H14N2O3/c1-4-11-8(12-5-2)7-10-9-6(3)13-7/h8H,4-5H2,1-3H3. The van der Waals surface area contributed by atoms with Crippen LogP contribution in [0.2, 0.25) is 0 Å². The van der Waals surface area contributed by atoms with Gasteiger partial charge in [-0.1, -0.05) is 0 Å². The molecule has 0 radical (unpaired) electrons. The Morgan fingerprint density at radius 2 is 1.85 bits per heavy atom. The van der Waals surface area contributed by atoms with Gasteiger partial charge in [0.2, 0.25) is 12.2 Å². The number of aromatic nitrogens is 2. The number of rotatable bonds is 5. The molecule has 0 N–H and O–H groups in total. The lowest BCUT2D eigenvalue weighted by Gasteiger charge is -2.11. The molecule has 1 rings (SSSR count). The third-order valence-corrected chi connectivity index (χ3v) is 1.38. The molecule has 0 saturated heterocycles. The van der Waals surface area contributed by atoms with Gasteiger partial charge >= 0.3 is 0 Å². The van der Waals surface area contributed by atoms with E-state index in [1.807, 2.05) is 13.8 Å². The number of aryl methyl sites for hydroxylation is 1. The Balaban J connectivity index is 2.63. The van der Waals surface area contributed by atoms with E-state index >= 15 is 0 Å². The molecule has 0 aliphatic carbocycles. The first kappa shape index (κ1) is 10.1. The van der Waals surface area contributed by atoms with E-state index in [1.165, 1.54) is 0 Å². The first-order chi connectivity index (χ1) is 6.27. The van der Waals surface area contributed by atoms with Gasteiger partial charge in [-0.3, -0.25) is 0 Å². The van der Waals surface area contributed by atoms with Crippen LogP contribution in [0.4, 0.5) is 0 Å². The van der Waals surface area contributed by atoms with E-state index < -0.39 is 6.29 Å². The summed E-state index contributed by atoms with van der Waals surface area (Å²) in [6, 6.07) is 0. The number of ether oxygens (including phenoxy) is 2. The predicted molar refractivity (Wildman–Crippen MR) is 45.0 cm³/mol. The molecule has 0 saturated carbocycles. The minimum Gasteiger partial charge on any atom is -0.421 e. The summed E-state index contributed by atoms with van der Waals surface area (Å²) in [6.45, 7) is 6.59. The maximum absolute atomic E-state index is 5.26. The highest BCUT2D eigenvalue weighted by atomic mass is 16.7. The Kier molecular flexibility index (Phi) is 3.85. The fourth-order valence-electron chi connectivity index (χ4n) is 0.901. The molecule has 1 aromatic heterocycles. The summed E-state index contributed by atoms with van der Waals surface area (Å²) < 4.78 is 15.7. The molecule has 0 amide bonds. The normalized spacial score (nSPS) is 11.1. The molecular weight excluding hydrogens is 172 g/mol. The minimum atomic E-state index is -0.531. The topological polar surface area (TPSA) is 57.4 Å². The van der Waals surface area contributed by atoms with Crippen LogP contribution in [0.25, 0.3) is 0 Å². The van der Waals surface area contributed by atoms with Gasteiger partial charge in [-0.15, -0.1) is 10.2 Å². The second kappa shape index (κ2) is 4.94. The van der Waals surface area contributed by atoms with Crippen molar-refractivity contribution < 1.29 is 13.9 Å². The molecule has 5 heteroatoms. The molecule has 0 fully saturated rings. The molecule has 0 atom stereocenters. The van der Waals surface area contributed by atoms with Crippen LogP contribution in [0.1, 0.15) is 31.9 Å². The summed E-state index contributed by atoms with van der Waals surface area (Å²) >= 11 is 0. The van der Waals surface area contributed by atoms with Crippen LogP contribution in [-0.2, 0) is 9.47 Å². The zero-order chi connectivity index (χ0) is 9.68. The quantitative estimate of drug-likeness (QED) is 0.651. The molecule has 0 aliphatic rings. The Bertz CT molecular complexity index is 243. The zero-order valence-electron chi connectivity index (χ0n) is 8.11. The van der Waals surface area contributed by atoms with Crippen LogP contribution in [0, 0.1) is 6.92 Å². The molecule has 1 aromatic rings. The average Bonchev–Trinajstić information content (AvgIpc) is 2.51. The van der Waals surface area contributed by atoms with Crippen LogP contribution in [0.5, 0.6) is 0 Å². The van der Waals surface area contributed by atoms with E-state index in [0.29, 0.717) is 25.0 Å². The molecule has 5 nitrogen and oxygen atoms in total. The van der Waals surface area contributed by atoms with E-state index in [2.05, 4.69) is 10.2 Å². The molecule has 1 heterocycles. The summed E-state index contributed by atoms with van der Waals surface area (Å²) in [5.74, 6) is 0.889. The predicted octanol–water partition coefficient (Wildman–Crippen LogP) is 1.45. The summed E-state index contributed by atoms with van der Waals surface area (Å²) in [4.78, 5) is 0. The Morgan fingerprint density at radius 1 is 1.23 bits per heavy atom. The van der Waals surface area contributed by atoms with Gasteiger partial charge < -0.3 is 13.9 Å². The second-order valence-corrected chi connectivity index (χ2v) is 2.40. The van der Waals surface area contributed by atoms with E-state index in [9.17, 15) is 0 Å². The van der Waals surface area contributed by atoms with Crippen LogP contribution >= 0.6 is 0 Å². The largest absolute Gasteiger partial charge is 0.421 e. The lowest BCUT2D eigenvalue weighted by atomic mass is 10.6. The fraction of sp³-hybridized carbons (Fsp3) is 0.750. The highest BCUT2D eigenvalue weighted by Crippen LogP contribution is 2.16. The second-order valence-electron chi connectivity index (χ2n) is 2.40. The van der Waals surface area contributed by atoms with Crippen LogP contribution in [0.3, 0.4) is 0 Å². The summed E-state index contributed by atoms with van der Waals surface area (Å²) in [5.41, 5.74) is 0. The molecule has 74 valence electrons.